The maximum absolute atomic E-state index is 13.9. The van der Waals surface area contributed by atoms with E-state index in [1.807, 2.05) is 32.0 Å². The number of aryl methyl sites for hydroxylation is 3. The summed E-state index contributed by atoms with van der Waals surface area (Å²) in [6.07, 6.45) is 0. The number of rotatable bonds is 4. The molecule has 4 nitrogen and oxygen atoms in total. The number of thiazole rings is 1. The van der Waals surface area contributed by atoms with Gasteiger partial charge in [0.05, 0.1) is 11.8 Å². The van der Waals surface area contributed by atoms with Gasteiger partial charge in [0.15, 0.2) is 0 Å². The minimum Gasteiger partial charge on any atom is -0.332 e. The quantitative estimate of drug-likeness (QED) is 0.703. The first-order chi connectivity index (χ1) is 12.9. The third-order valence-corrected chi connectivity index (χ3v) is 5.43. The summed E-state index contributed by atoms with van der Waals surface area (Å²) in [5.74, 6) is -0.961. The lowest BCUT2D eigenvalue weighted by molar-refractivity contribution is 0.0948. The molecular weight excluding hydrogens is 361 g/mol. The number of benzene rings is 2. The monoisotopic (exact) mass is 379 g/mol. The van der Waals surface area contributed by atoms with Crippen molar-refractivity contribution in [3.8, 4) is 16.6 Å². The lowest BCUT2D eigenvalue weighted by Gasteiger charge is -2.12. The molecule has 1 unspecified atom stereocenters. The van der Waals surface area contributed by atoms with Gasteiger partial charge in [0, 0.05) is 11.1 Å². The number of nitrogens with one attached hydrogen (secondary N) is 1. The average molecular weight is 379 g/mol. The van der Waals surface area contributed by atoms with Crippen LogP contribution >= 0.6 is 11.3 Å². The molecule has 3 rings (SSSR count). The summed E-state index contributed by atoms with van der Waals surface area (Å²) in [6.45, 7) is 5.78. The molecule has 0 bridgehead atoms. The Labute approximate surface area is 161 Å². The van der Waals surface area contributed by atoms with E-state index in [1.165, 1.54) is 23.5 Å². The molecule has 0 radical (unpaired) electrons. The Hall–Kier alpha value is -3.04. The van der Waals surface area contributed by atoms with Crippen LogP contribution in [-0.4, -0.2) is 10.9 Å². The first-order valence-corrected chi connectivity index (χ1v) is 9.22. The van der Waals surface area contributed by atoms with E-state index in [9.17, 15) is 14.4 Å². The van der Waals surface area contributed by atoms with Crippen LogP contribution in [0, 0.1) is 37.9 Å². The molecule has 1 heterocycles. The van der Waals surface area contributed by atoms with E-state index in [-0.39, 0.29) is 5.56 Å². The number of amides is 1. The number of nitrogens with zero attached hydrogens (tertiary/aromatic N) is 2. The second-order valence-corrected chi connectivity index (χ2v) is 7.31. The van der Waals surface area contributed by atoms with Crippen molar-refractivity contribution in [1.82, 2.24) is 10.3 Å². The molecule has 0 aliphatic carbocycles. The van der Waals surface area contributed by atoms with Crippen molar-refractivity contribution in [2.24, 2.45) is 0 Å². The van der Waals surface area contributed by atoms with Gasteiger partial charge in [-0.05, 0) is 32.4 Å². The Morgan fingerprint density at radius 1 is 1.22 bits per heavy atom. The molecule has 1 aromatic heterocycles. The fraction of sp³-hybridized carbons (Fsp3) is 0.190. The Morgan fingerprint density at radius 2 is 1.96 bits per heavy atom. The number of carbonyl (C=O) groups is 1. The summed E-state index contributed by atoms with van der Waals surface area (Å²) in [4.78, 5) is 17.6. The molecule has 0 saturated heterocycles. The second kappa shape index (κ2) is 7.68. The standard InChI is InChI=1S/C21H18FN3OS/c1-12-8-9-15(13(2)10-12)21-24-14(3)19(27-21)20(26)25-18(11-23)16-6-4-5-7-17(16)22/h4-10,18H,1-3H3,(H,25,26). The van der Waals surface area contributed by atoms with Crippen molar-refractivity contribution in [2.75, 3.05) is 0 Å². The number of hydrogen-bond acceptors (Lipinski definition) is 4. The SMILES string of the molecule is Cc1ccc(-c2nc(C)c(C(=O)NC(C#N)c3ccccc3F)s2)c(C)c1. The van der Waals surface area contributed by atoms with Crippen LogP contribution in [0.3, 0.4) is 0 Å². The van der Waals surface area contributed by atoms with E-state index in [0.717, 1.165) is 21.7 Å². The zero-order valence-corrected chi connectivity index (χ0v) is 16.0. The first-order valence-electron chi connectivity index (χ1n) is 8.40. The van der Waals surface area contributed by atoms with Crippen molar-refractivity contribution in [1.29, 1.82) is 5.26 Å². The fourth-order valence-corrected chi connectivity index (χ4v) is 3.92. The number of hydrogen-bond donors (Lipinski definition) is 1. The van der Waals surface area contributed by atoms with Crippen LogP contribution in [0.15, 0.2) is 42.5 Å². The Kier molecular flexibility index (Phi) is 5.33. The van der Waals surface area contributed by atoms with Gasteiger partial charge in [0.25, 0.3) is 5.91 Å². The molecule has 1 amide bonds. The maximum atomic E-state index is 13.9. The molecule has 3 aromatic rings. The number of carbonyl (C=O) groups excluding carboxylic acids is 1. The van der Waals surface area contributed by atoms with E-state index in [0.29, 0.717) is 10.6 Å². The fourth-order valence-electron chi connectivity index (χ4n) is 2.86. The second-order valence-electron chi connectivity index (χ2n) is 6.31. The Bertz CT molecular complexity index is 1050. The van der Waals surface area contributed by atoms with Crippen LogP contribution in [0.5, 0.6) is 0 Å². The minimum atomic E-state index is -1.07. The zero-order valence-electron chi connectivity index (χ0n) is 15.2. The highest BCUT2D eigenvalue weighted by Gasteiger charge is 2.22. The van der Waals surface area contributed by atoms with Crippen LogP contribution in [0.4, 0.5) is 4.39 Å². The molecule has 27 heavy (non-hydrogen) atoms. The summed E-state index contributed by atoms with van der Waals surface area (Å²) in [7, 11) is 0. The topological polar surface area (TPSA) is 65.8 Å². The van der Waals surface area contributed by atoms with Crippen LogP contribution in [0.2, 0.25) is 0 Å². The summed E-state index contributed by atoms with van der Waals surface area (Å²) in [6, 6.07) is 12.9. The van der Waals surface area contributed by atoms with E-state index >= 15 is 0 Å². The van der Waals surface area contributed by atoms with Gasteiger partial charge in [-0.25, -0.2) is 9.37 Å². The van der Waals surface area contributed by atoms with Gasteiger partial charge in [-0.1, -0.05) is 42.0 Å². The van der Waals surface area contributed by atoms with Crippen LogP contribution in [-0.2, 0) is 0 Å². The van der Waals surface area contributed by atoms with E-state index < -0.39 is 17.8 Å². The summed E-state index contributed by atoms with van der Waals surface area (Å²) < 4.78 is 13.9. The third kappa shape index (κ3) is 3.88. The van der Waals surface area contributed by atoms with Crippen LogP contribution in [0.1, 0.15) is 38.1 Å². The van der Waals surface area contributed by atoms with Gasteiger partial charge in [-0.3, -0.25) is 4.79 Å². The third-order valence-electron chi connectivity index (χ3n) is 4.24. The summed E-state index contributed by atoms with van der Waals surface area (Å²) in [5.41, 5.74) is 3.93. The normalized spacial score (nSPS) is 11.7. The smallest absolute Gasteiger partial charge is 0.264 e. The molecule has 1 atom stereocenters. The van der Waals surface area contributed by atoms with Gasteiger partial charge < -0.3 is 5.32 Å². The van der Waals surface area contributed by atoms with Crippen LogP contribution in [0.25, 0.3) is 10.6 Å². The Morgan fingerprint density at radius 3 is 2.63 bits per heavy atom. The molecule has 2 aromatic carbocycles. The van der Waals surface area contributed by atoms with Gasteiger partial charge in [-0.2, -0.15) is 5.26 Å². The van der Waals surface area contributed by atoms with Crippen LogP contribution < -0.4 is 5.32 Å². The van der Waals surface area contributed by atoms with Crippen molar-refractivity contribution in [2.45, 2.75) is 26.8 Å². The Balaban J connectivity index is 1.88. The van der Waals surface area contributed by atoms with E-state index in [4.69, 9.17) is 0 Å². The summed E-state index contributed by atoms with van der Waals surface area (Å²) in [5, 5.41) is 12.7. The van der Waals surface area contributed by atoms with Crippen molar-refractivity contribution in [3.63, 3.8) is 0 Å². The van der Waals surface area contributed by atoms with Gasteiger partial charge in [-0.15, -0.1) is 11.3 Å². The highest BCUT2D eigenvalue weighted by Crippen LogP contribution is 2.31. The molecule has 0 saturated carbocycles. The van der Waals surface area contributed by atoms with Crippen molar-refractivity contribution in [3.05, 3.63) is 75.5 Å². The molecule has 1 N–H and O–H groups in total. The molecule has 136 valence electrons. The molecule has 0 spiro atoms. The zero-order chi connectivity index (χ0) is 19.6. The highest BCUT2D eigenvalue weighted by molar-refractivity contribution is 7.17. The summed E-state index contributed by atoms with van der Waals surface area (Å²) >= 11 is 1.27. The molecule has 0 aliphatic heterocycles. The van der Waals surface area contributed by atoms with Crippen molar-refractivity contribution >= 4 is 17.2 Å². The molecular formula is C21H18FN3OS. The van der Waals surface area contributed by atoms with Gasteiger partial charge in [0.2, 0.25) is 0 Å². The lowest BCUT2D eigenvalue weighted by Crippen LogP contribution is -2.28. The lowest BCUT2D eigenvalue weighted by atomic mass is 10.1. The molecule has 0 fully saturated rings. The number of halogens is 1. The van der Waals surface area contributed by atoms with E-state index in [1.54, 1.807) is 19.1 Å². The van der Waals surface area contributed by atoms with Gasteiger partial charge in [0.1, 0.15) is 21.7 Å². The van der Waals surface area contributed by atoms with Crippen molar-refractivity contribution < 1.29 is 9.18 Å². The highest BCUT2D eigenvalue weighted by atomic mass is 32.1. The molecule has 0 aliphatic rings. The van der Waals surface area contributed by atoms with Gasteiger partial charge >= 0.3 is 0 Å². The average Bonchev–Trinajstić information content (AvgIpc) is 3.01. The number of nitriles is 1. The minimum absolute atomic E-state index is 0.144. The molecule has 6 heteroatoms. The number of aromatic nitrogens is 1. The predicted octanol–water partition coefficient (Wildman–Crippen LogP) is 4.87. The largest absolute Gasteiger partial charge is 0.332 e. The van der Waals surface area contributed by atoms with E-state index in [2.05, 4.69) is 16.4 Å². The first kappa shape index (κ1) is 18.7. The predicted molar refractivity (Wildman–Crippen MR) is 104 cm³/mol. The maximum Gasteiger partial charge on any atom is 0.264 e.